The molecule has 0 fully saturated rings. The van der Waals surface area contributed by atoms with E-state index < -0.39 is 0 Å². The van der Waals surface area contributed by atoms with Gasteiger partial charge in [0.15, 0.2) is 23.3 Å². The van der Waals surface area contributed by atoms with Crippen molar-refractivity contribution in [2.75, 3.05) is 0 Å². The molecule has 6 heteroatoms. The fourth-order valence-corrected chi connectivity index (χ4v) is 6.11. The third-order valence-electron chi connectivity index (χ3n) is 7.97. The summed E-state index contributed by atoms with van der Waals surface area (Å²) < 4.78 is 0. The molecule has 0 atom stereocenters. The van der Waals surface area contributed by atoms with Crippen molar-refractivity contribution in [1.29, 1.82) is 0 Å². The minimum absolute atomic E-state index is 0.598. The fraction of sp³-hybridized carbons (Fsp3) is 0.0588. The van der Waals surface area contributed by atoms with Gasteiger partial charge in [-0.05, 0) is 0 Å². The molecular formula is C34H20N6. The van der Waals surface area contributed by atoms with Crippen molar-refractivity contribution in [3.8, 4) is 0 Å². The monoisotopic (exact) mass is 512 g/mol. The first-order chi connectivity index (χ1) is 19.8. The molecule has 4 aromatic carbocycles. The topological polar surface area (TPSA) is 74.2 Å². The highest BCUT2D eigenvalue weighted by atomic mass is 15.1. The minimum Gasteiger partial charge on any atom is -0.232 e. The molecule has 0 N–H and O–H groups in total. The molecule has 3 heterocycles. The molecule has 5 aliphatic rings. The molecule has 0 amide bonds. The first kappa shape index (κ1) is 21.6. The van der Waals surface area contributed by atoms with E-state index in [1.807, 2.05) is 48.5 Å². The van der Waals surface area contributed by atoms with Gasteiger partial charge in [-0.2, -0.15) is 0 Å². The van der Waals surface area contributed by atoms with Crippen LogP contribution in [0.5, 0.6) is 0 Å². The molecule has 0 saturated heterocycles. The van der Waals surface area contributed by atoms with Crippen LogP contribution in [0.3, 0.4) is 0 Å². The summed E-state index contributed by atoms with van der Waals surface area (Å²) in [6, 6.07) is 33.1. The molecule has 40 heavy (non-hydrogen) atoms. The Morgan fingerprint density at radius 3 is 1.10 bits per heavy atom. The Bertz CT molecular complexity index is 2000. The van der Waals surface area contributed by atoms with Gasteiger partial charge in [-0.25, -0.2) is 30.0 Å². The van der Waals surface area contributed by atoms with Crippen LogP contribution in [0.1, 0.15) is 46.2 Å². The minimum atomic E-state index is 0.598. The van der Waals surface area contributed by atoms with E-state index in [9.17, 15) is 0 Å². The number of nitrogens with zero attached hydrogens (tertiary/aromatic N) is 6. The third kappa shape index (κ3) is 3.10. The zero-order valence-electron chi connectivity index (χ0n) is 21.3. The van der Waals surface area contributed by atoms with Crippen molar-refractivity contribution in [3.05, 3.63) is 141 Å². The third-order valence-corrected chi connectivity index (χ3v) is 7.97. The van der Waals surface area contributed by atoms with Gasteiger partial charge in [0.1, 0.15) is 0 Å². The summed E-state index contributed by atoms with van der Waals surface area (Å²) in [5.41, 5.74) is 9.94. The molecule has 4 aromatic rings. The number of amidine groups is 4. The first-order valence-electron chi connectivity index (χ1n) is 13.4. The predicted molar refractivity (Wildman–Crippen MR) is 160 cm³/mol. The van der Waals surface area contributed by atoms with E-state index in [2.05, 4.69) is 48.5 Å². The number of benzene rings is 4. The summed E-state index contributed by atoms with van der Waals surface area (Å²) in [4.78, 5) is 30.6. The Balaban J connectivity index is 1.37. The van der Waals surface area contributed by atoms with Crippen molar-refractivity contribution in [3.63, 3.8) is 0 Å². The quantitative estimate of drug-likeness (QED) is 0.335. The van der Waals surface area contributed by atoms with Crippen LogP contribution in [0.4, 0.5) is 0 Å². The Morgan fingerprint density at radius 1 is 0.325 bits per heavy atom. The van der Waals surface area contributed by atoms with Crippen molar-refractivity contribution >= 4 is 46.2 Å². The molecule has 6 nitrogen and oxygen atoms in total. The smallest absolute Gasteiger partial charge is 0.162 e. The van der Waals surface area contributed by atoms with Crippen molar-refractivity contribution < 1.29 is 0 Å². The number of hydrogen-bond acceptors (Lipinski definition) is 6. The van der Waals surface area contributed by atoms with Crippen LogP contribution in [-0.4, -0.2) is 34.8 Å². The Labute approximate surface area is 229 Å². The van der Waals surface area contributed by atoms with E-state index in [1.165, 1.54) is 0 Å². The predicted octanol–water partition coefficient (Wildman–Crippen LogP) is 4.42. The molecule has 2 aliphatic carbocycles. The standard InChI is InChI=1S/C34H20N6/c1-2-10-20-19(9-1)27-17-28(20)36-32-25-15-7-8-16-26(25)34(40-32)38-30-18-29(21-11-3-4-12-22(21)30)37-33-24-14-6-5-13-23(24)31(35-27)39-33/h1-16H,17-18H2. The molecular weight excluding hydrogens is 492 g/mol. The molecule has 0 aromatic heterocycles. The van der Waals surface area contributed by atoms with Crippen LogP contribution in [0.2, 0.25) is 0 Å². The maximum absolute atomic E-state index is 5.15. The average Bonchev–Trinajstić information content (AvgIpc) is 3.73. The van der Waals surface area contributed by atoms with Crippen LogP contribution in [-0.2, 0) is 0 Å². The van der Waals surface area contributed by atoms with Gasteiger partial charge in [0, 0.05) is 56.7 Å². The molecule has 0 radical (unpaired) electrons. The fourth-order valence-electron chi connectivity index (χ4n) is 6.11. The number of aliphatic imine (C=N–C) groups is 6. The van der Waals surface area contributed by atoms with Crippen LogP contribution in [0, 0.1) is 0 Å². The average molecular weight is 513 g/mol. The van der Waals surface area contributed by atoms with Crippen molar-refractivity contribution in [2.45, 2.75) is 12.8 Å². The lowest BCUT2D eigenvalue weighted by Crippen LogP contribution is -2.23. The second kappa shape index (κ2) is 8.07. The molecule has 0 unspecified atom stereocenters. The van der Waals surface area contributed by atoms with Crippen LogP contribution in [0.25, 0.3) is 11.4 Å². The van der Waals surface area contributed by atoms with E-state index >= 15 is 0 Å². The maximum atomic E-state index is 5.15. The zero-order valence-corrected chi connectivity index (χ0v) is 21.3. The van der Waals surface area contributed by atoms with Gasteiger partial charge in [0.05, 0.1) is 22.8 Å². The summed E-state index contributed by atoms with van der Waals surface area (Å²) in [7, 11) is 0. The molecule has 186 valence electrons. The summed E-state index contributed by atoms with van der Waals surface area (Å²) in [5, 5.41) is 2.16. The Kier molecular flexibility index (Phi) is 4.35. The number of hydrogen-bond donors (Lipinski definition) is 0. The van der Waals surface area contributed by atoms with Crippen molar-refractivity contribution in [1.82, 2.24) is 0 Å². The molecule has 0 saturated carbocycles. The van der Waals surface area contributed by atoms with E-state index in [1.54, 1.807) is 0 Å². The van der Waals surface area contributed by atoms with Gasteiger partial charge in [-0.1, -0.05) is 97.1 Å². The summed E-state index contributed by atoms with van der Waals surface area (Å²) in [6.07, 6.45) is 1.20. The van der Waals surface area contributed by atoms with Crippen LogP contribution < -0.4 is 10.4 Å². The molecule has 3 aliphatic heterocycles. The van der Waals surface area contributed by atoms with Gasteiger partial charge in [0.2, 0.25) is 0 Å². The highest BCUT2D eigenvalue weighted by Crippen LogP contribution is 2.30. The highest BCUT2D eigenvalue weighted by Gasteiger charge is 2.30. The maximum Gasteiger partial charge on any atom is 0.162 e. The second-order valence-electron chi connectivity index (χ2n) is 10.3. The van der Waals surface area contributed by atoms with Crippen LogP contribution >= 0.6 is 0 Å². The number of fused-ring (bicyclic) bond motifs is 16. The normalized spacial score (nSPS) is 17.6. The second-order valence-corrected chi connectivity index (χ2v) is 10.3. The van der Waals surface area contributed by atoms with Gasteiger partial charge >= 0.3 is 0 Å². The van der Waals surface area contributed by atoms with Gasteiger partial charge in [-0.15, -0.1) is 0 Å². The SMILES string of the molecule is c1ccc2c(c1)C1=NC3=NC(=NC4=c5ccccc5=C(C4)N=C4N=C(N=C2C1)c1ccccc14)c1ccccc13. The van der Waals surface area contributed by atoms with Gasteiger partial charge in [-0.3, -0.25) is 0 Å². The molecule has 8 bridgehead atoms. The summed E-state index contributed by atoms with van der Waals surface area (Å²) in [5.74, 6) is 2.75. The van der Waals surface area contributed by atoms with E-state index in [0.29, 0.717) is 36.2 Å². The lowest BCUT2D eigenvalue weighted by molar-refractivity contribution is 1.30. The largest absolute Gasteiger partial charge is 0.232 e. The van der Waals surface area contributed by atoms with Crippen molar-refractivity contribution in [2.24, 2.45) is 30.0 Å². The van der Waals surface area contributed by atoms with Crippen LogP contribution in [0.15, 0.2) is 127 Å². The van der Waals surface area contributed by atoms with Gasteiger partial charge in [0.25, 0.3) is 0 Å². The van der Waals surface area contributed by atoms with Gasteiger partial charge < -0.3 is 0 Å². The van der Waals surface area contributed by atoms with E-state index in [4.69, 9.17) is 30.0 Å². The number of rotatable bonds is 0. The Morgan fingerprint density at radius 2 is 0.675 bits per heavy atom. The van der Waals surface area contributed by atoms with E-state index in [0.717, 1.165) is 66.6 Å². The zero-order chi connectivity index (χ0) is 26.2. The van der Waals surface area contributed by atoms with E-state index in [-0.39, 0.29) is 0 Å². The Hall–Kier alpha value is -5.36. The lowest BCUT2D eigenvalue weighted by atomic mass is 10.1. The first-order valence-corrected chi connectivity index (χ1v) is 13.4. The highest BCUT2D eigenvalue weighted by molar-refractivity contribution is 6.35. The molecule has 0 spiro atoms. The lowest BCUT2D eigenvalue weighted by Gasteiger charge is -2.02. The summed E-state index contributed by atoms with van der Waals surface area (Å²) >= 11 is 0. The molecule has 9 rings (SSSR count). The summed E-state index contributed by atoms with van der Waals surface area (Å²) in [6.45, 7) is 0.